The number of thioether (sulfide) groups is 1. The van der Waals surface area contributed by atoms with E-state index in [4.69, 9.17) is 4.74 Å². The van der Waals surface area contributed by atoms with Crippen molar-refractivity contribution in [3.8, 4) is 5.75 Å². The van der Waals surface area contributed by atoms with Crippen molar-refractivity contribution >= 4 is 29.3 Å². The number of carbonyl (C=O) groups is 2. The van der Waals surface area contributed by atoms with E-state index in [1.165, 1.54) is 28.8 Å². The molecule has 1 spiro atoms. The summed E-state index contributed by atoms with van der Waals surface area (Å²) in [6.07, 6.45) is 0. The van der Waals surface area contributed by atoms with Gasteiger partial charge >= 0.3 is 0 Å². The number of nitrogens with zero attached hydrogens (tertiary/aromatic N) is 2. The van der Waals surface area contributed by atoms with Crippen LogP contribution >= 0.6 is 11.8 Å². The molecular formula is C25H21FN2O3S. The van der Waals surface area contributed by atoms with Gasteiger partial charge in [-0.25, -0.2) is 4.39 Å². The first-order valence-electron chi connectivity index (χ1n) is 10.3. The second-order valence-corrected chi connectivity index (χ2v) is 8.98. The Morgan fingerprint density at radius 2 is 1.88 bits per heavy atom. The topological polar surface area (TPSA) is 49.9 Å². The highest BCUT2D eigenvalue weighted by Crippen LogP contribution is 2.54. The number of benzene rings is 3. The zero-order valence-corrected chi connectivity index (χ0v) is 18.3. The Labute approximate surface area is 189 Å². The molecule has 0 aliphatic carbocycles. The van der Waals surface area contributed by atoms with Gasteiger partial charge in [0.05, 0.1) is 24.9 Å². The van der Waals surface area contributed by atoms with Crippen molar-refractivity contribution in [1.29, 1.82) is 0 Å². The van der Waals surface area contributed by atoms with Gasteiger partial charge in [0.2, 0.25) is 0 Å². The lowest BCUT2D eigenvalue weighted by molar-refractivity contribution is -0.123. The van der Waals surface area contributed by atoms with E-state index in [0.29, 0.717) is 24.6 Å². The van der Waals surface area contributed by atoms with Crippen molar-refractivity contribution in [2.45, 2.75) is 11.4 Å². The molecule has 5 nitrogen and oxygen atoms in total. The summed E-state index contributed by atoms with van der Waals surface area (Å²) >= 11 is 1.43. The molecule has 7 heteroatoms. The Hall–Kier alpha value is -3.32. The fourth-order valence-electron chi connectivity index (χ4n) is 4.46. The van der Waals surface area contributed by atoms with Gasteiger partial charge < -0.3 is 14.5 Å². The monoisotopic (exact) mass is 448 g/mol. The molecule has 32 heavy (non-hydrogen) atoms. The van der Waals surface area contributed by atoms with Crippen molar-refractivity contribution in [1.82, 2.24) is 4.90 Å². The van der Waals surface area contributed by atoms with E-state index in [2.05, 4.69) is 0 Å². The van der Waals surface area contributed by atoms with Gasteiger partial charge in [-0.05, 0) is 35.9 Å². The van der Waals surface area contributed by atoms with E-state index in [-0.39, 0.29) is 11.5 Å². The minimum absolute atomic E-state index is 0.0223. The summed E-state index contributed by atoms with van der Waals surface area (Å²) in [5, 5.41) is 0. The minimum Gasteiger partial charge on any atom is -0.497 e. The lowest BCUT2D eigenvalue weighted by Gasteiger charge is -2.33. The molecule has 0 bridgehead atoms. The highest BCUT2D eigenvalue weighted by atomic mass is 32.2. The summed E-state index contributed by atoms with van der Waals surface area (Å²) in [5.41, 5.74) is 2.42. The van der Waals surface area contributed by atoms with E-state index < -0.39 is 16.6 Å². The van der Waals surface area contributed by atoms with Gasteiger partial charge in [-0.15, -0.1) is 11.8 Å². The summed E-state index contributed by atoms with van der Waals surface area (Å²) in [5.74, 6) is 0.0567. The normalized spacial score (nSPS) is 19.5. The Balaban J connectivity index is 1.57. The first kappa shape index (κ1) is 20.6. The van der Waals surface area contributed by atoms with E-state index in [1.807, 2.05) is 48.5 Å². The number of halogens is 1. The predicted molar refractivity (Wildman–Crippen MR) is 122 cm³/mol. The molecule has 0 N–H and O–H groups in total. The second-order valence-electron chi connectivity index (χ2n) is 7.69. The minimum atomic E-state index is -1.20. The molecule has 162 valence electrons. The van der Waals surface area contributed by atoms with Gasteiger partial charge in [0.25, 0.3) is 11.8 Å². The third-order valence-corrected chi connectivity index (χ3v) is 7.34. The lowest BCUT2D eigenvalue weighted by atomic mass is 10.0. The number of hydrogen-bond donors (Lipinski definition) is 0. The molecule has 0 radical (unpaired) electrons. The van der Waals surface area contributed by atoms with Gasteiger partial charge in [-0.1, -0.05) is 42.5 Å². The van der Waals surface area contributed by atoms with Crippen molar-refractivity contribution in [2.24, 2.45) is 0 Å². The Bertz CT molecular complexity index is 1220. The van der Waals surface area contributed by atoms with Crippen LogP contribution in [0.25, 0.3) is 0 Å². The highest BCUT2D eigenvalue weighted by Gasteiger charge is 2.59. The van der Waals surface area contributed by atoms with Gasteiger partial charge in [0.15, 0.2) is 4.87 Å². The summed E-state index contributed by atoms with van der Waals surface area (Å²) in [6, 6.07) is 21.0. The molecule has 1 unspecified atom stereocenters. The Morgan fingerprint density at radius 3 is 2.69 bits per heavy atom. The van der Waals surface area contributed by atoms with Crippen LogP contribution in [0.1, 0.15) is 21.5 Å². The number of hydrogen-bond acceptors (Lipinski definition) is 4. The maximum atomic E-state index is 14.4. The summed E-state index contributed by atoms with van der Waals surface area (Å²) in [6.45, 7) is 0.710. The number of para-hydroxylation sites is 1. The first-order valence-corrected chi connectivity index (χ1v) is 11.3. The van der Waals surface area contributed by atoms with Crippen molar-refractivity contribution < 1.29 is 18.7 Å². The third kappa shape index (κ3) is 3.07. The number of amides is 2. The molecule has 3 aromatic carbocycles. The fourth-order valence-corrected chi connectivity index (χ4v) is 5.92. The van der Waals surface area contributed by atoms with Crippen LogP contribution in [0, 0.1) is 5.82 Å². The molecule has 0 aromatic heterocycles. The number of anilines is 1. The second kappa shape index (κ2) is 7.98. The summed E-state index contributed by atoms with van der Waals surface area (Å²) in [4.78, 5) is 29.4. The number of carbonyl (C=O) groups excluding carboxylic acids is 2. The molecule has 2 heterocycles. The van der Waals surface area contributed by atoms with Crippen molar-refractivity contribution in [3.63, 3.8) is 0 Å². The smallest absolute Gasteiger partial charge is 0.268 e. The van der Waals surface area contributed by atoms with Crippen LogP contribution in [-0.2, 0) is 16.2 Å². The first-order chi connectivity index (χ1) is 15.6. The SMILES string of the molecule is COc1cccc(CN2C(=O)C3(SCCN3C(=O)c3ccccc3F)c3ccccc32)c1. The number of methoxy groups -OCH3 is 1. The molecule has 5 rings (SSSR count). The molecule has 2 amide bonds. The number of fused-ring (bicyclic) bond motifs is 2. The zero-order chi connectivity index (χ0) is 22.3. The molecule has 1 atom stereocenters. The van der Waals surface area contributed by atoms with Crippen molar-refractivity contribution in [2.75, 3.05) is 24.3 Å². The molecule has 2 aliphatic heterocycles. The predicted octanol–water partition coefficient (Wildman–Crippen LogP) is 4.42. The van der Waals surface area contributed by atoms with E-state index in [1.54, 1.807) is 24.1 Å². The van der Waals surface area contributed by atoms with Gasteiger partial charge in [-0.3, -0.25) is 9.59 Å². The summed E-state index contributed by atoms with van der Waals surface area (Å²) in [7, 11) is 1.60. The third-order valence-electron chi connectivity index (χ3n) is 5.93. The number of ether oxygens (including phenoxy) is 1. The molecule has 3 aromatic rings. The van der Waals surface area contributed by atoms with Crippen LogP contribution < -0.4 is 9.64 Å². The zero-order valence-electron chi connectivity index (χ0n) is 17.5. The average Bonchev–Trinajstić information content (AvgIpc) is 3.36. The fraction of sp³-hybridized carbons (Fsp3) is 0.200. The standard InChI is InChI=1S/C25H21FN2O3S/c1-31-18-8-6-7-17(15-18)16-27-22-12-5-3-10-20(22)25(24(27)30)28(13-14-32-25)23(29)19-9-2-4-11-21(19)26/h2-12,15H,13-14,16H2,1H3. The van der Waals surface area contributed by atoms with Crippen LogP contribution in [-0.4, -0.2) is 36.1 Å². The molecule has 1 fully saturated rings. The summed E-state index contributed by atoms with van der Waals surface area (Å²) < 4.78 is 19.8. The molecule has 0 saturated carbocycles. The largest absolute Gasteiger partial charge is 0.497 e. The number of rotatable bonds is 4. The van der Waals surface area contributed by atoms with Gasteiger partial charge in [-0.2, -0.15) is 0 Å². The maximum Gasteiger partial charge on any atom is 0.268 e. The van der Waals surface area contributed by atoms with Crippen LogP contribution in [0.15, 0.2) is 72.8 Å². The van der Waals surface area contributed by atoms with Crippen molar-refractivity contribution in [3.05, 3.63) is 95.3 Å². The quantitative estimate of drug-likeness (QED) is 0.593. The molecular weight excluding hydrogens is 427 g/mol. The maximum absolute atomic E-state index is 14.4. The molecule has 2 aliphatic rings. The van der Waals surface area contributed by atoms with Crippen LogP contribution in [0.5, 0.6) is 5.75 Å². The molecule has 1 saturated heterocycles. The van der Waals surface area contributed by atoms with Gasteiger partial charge in [0, 0.05) is 17.9 Å². The highest BCUT2D eigenvalue weighted by molar-refractivity contribution is 8.01. The van der Waals surface area contributed by atoms with Crippen LogP contribution in [0.2, 0.25) is 0 Å². The van der Waals surface area contributed by atoms with Gasteiger partial charge in [0.1, 0.15) is 11.6 Å². The van der Waals surface area contributed by atoms with E-state index >= 15 is 0 Å². The van der Waals surface area contributed by atoms with Crippen LogP contribution in [0.4, 0.5) is 10.1 Å². The van der Waals surface area contributed by atoms with Crippen LogP contribution in [0.3, 0.4) is 0 Å². The van der Waals surface area contributed by atoms with E-state index in [0.717, 1.165) is 16.8 Å². The Kier molecular flexibility index (Phi) is 5.13. The lowest BCUT2D eigenvalue weighted by Crippen LogP contribution is -2.50. The Morgan fingerprint density at radius 1 is 1.09 bits per heavy atom. The average molecular weight is 449 g/mol. The van der Waals surface area contributed by atoms with E-state index in [9.17, 15) is 14.0 Å².